The highest BCUT2D eigenvalue weighted by molar-refractivity contribution is 4.93. The average Bonchev–Trinajstić information content (AvgIpc) is 2.78. The van der Waals surface area contributed by atoms with Crippen molar-refractivity contribution in [2.24, 2.45) is 5.73 Å². The fraction of sp³-hybridized carbons (Fsp3) is 0.700. The Morgan fingerprint density at radius 2 is 2.13 bits per heavy atom. The first-order valence-electron chi connectivity index (χ1n) is 5.09. The van der Waals surface area contributed by atoms with Crippen molar-refractivity contribution in [3.63, 3.8) is 0 Å². The second kappa shape index (κ2) is 5.85. The van der Waals surface area contributed by atoms with E-state index in [1.807, 2.05) is 13.8 Å². The van der Waals surface area contributed by atoms with E-state index >= 15 is 0 Å². The third-order valence-electron chi connectivity index (χ3n) is 1.95. The van der Waals surface area contributed by atoms with Crippen LogP contribution in [0, 0.1) is 0 Å². The summed E-state index contributed by atoms with van der Waals surface area (Å²) < 4.78 is 10.2. The van der Waals surface area contributed by atoms with Crippen molar-refractivity contribution in [1.29, 1.82) is 0 Å². The van der Waals surface area contributed by atoms with Crippen molar-refractivity contribution in [1.82, 2.24) is 9.97 Å². The van der Waals surface area contributed by atoms with E-state index in [2.05, 4.69) is 9.97 Å². The Morgan fingerprint density at radius 1 is 1.47 bits per heavy atom. The molecule has 1 fully saturated rings. The predicted molar refractivity (Wildman–Crippen MR) is 57.3 cm³/mol. The lowest BCUT2D eigenvalue weighted by Gasteiger charge is -2.13. The van der Waals surface area contributed by atoms with E-state index < -0.39 is 0 Å². The Bertz CT molecular complexity index is 252. The predicted octanol–water partition coefficient (Wildman–Crippen LogP) is 0.680. The fourth-order valence-electron chi connectivity index (χ4n) is 1.19. The molecule has 0 bridgehead atoms. The van der Waals surface area contributed by atoms with Gasteiger partial charge in [0.25, 0.3) is 0 Å². The van der Waals surface area contributed by atoms with Gasteiger partial charge in [-0.3, -0.25) is 0 Å². The van der Waals surface area contributed by atoms with Gasteiger partial charge in [0.05, 0.1) is 19.5 Å². The summed E-state index contributed by atoms with van der Waals surface area (Å²) in [5, 5.41) is 0. The van der Waals surface area contributed by atoms with Crippen LogP contribution in [0.5, 0.6) is 0 Å². The summed E-state index contributed by atoms with van der Waals surface area (Å²) in [6, 6.07) is 0. The quantitative estimate of drug-likeness (QED) is 0.757. The molecule has 0 spiro atoms. The number of ether oxygens (including phenoxy) is 2. The van der Waals surface area contributed by atoms with Gasteiger partial charge < -0.3 is 20.2 Å². The van der Waals surface area contributed by atoms with E-state index in [0.29, 0.717) is 6.54 Å². The van der Waals surface area contributed by atoms with E-state index in [1.165, 1.54) is 0 Å². The van der Waals surface area contributed by atoms with Crippen molar-refractivity contribution in [3.05, 3.63) is 18.2 Å². The van der Waals surface area contributed by atoms with Gasteiger partial charge >= 0.3 is 0 Å². The molecule has 0 aliphatic carbocycles. The van der Waals surface area contributed by atoms with Crippen molar-refractivity contribution in [2.75, 3.05) is 19.8 Å². The number of hydrogen-bond acceptors (Lipinski definition) is 4. The first-order valence-corrected chi connectivity index (χ1v) is 5.09. The Labute approximate surface area is 90.0 Å². The zero-order chi connectivity index (χ0) is 11.1. The van der Waals surface area contributed by atoms with Crippen LogP contribution in [-0.4, -0.2) is 35.5 Å². The Balaban J connectivity index is 0.000000151. The summed E-state index contributed by atoms with van der Waals surface area (Å²) in [7, 11) is 0. The maximum Gasteiger partial charge on any atom is 0.162 e. The summed E-state index contributed by atoms with van der Waals surface area (Å²) in [4.78, 5) is 6.78. The minimum Gasteiger partial charge on any atom is -0.348 e. The largest absolute Gasteiger partial charge is 0.348 e. The molecule has 1 saturated heterocycles. The van der Waals surface area contributed by atoms with Crippen LogP contribution in [0.1, 0.15) is 19.5 Å². The normalized spacial score (nSPS) is 18.3. The first-order chi connectivity index (χ1) is 7.14. The number of H-pyrrole nitrogens is 1. The molecule has 0 saturated carbocycles. The van der Waals surface area contributed by atoms with Gasteiger partial charge in [0.1, 0.15) is 0 Å². The van der Waals surface area contributed by atoms with Crippen molar-refractivity contribution >= 4 is 0 Å². The molecule has 15 heavy (non-hydrogen) atoms. The third-order valence-corrected chi connectivity index (χ3v) is 1.95. The molecule has 2 heterocycles. The molecule has 5 heteroatoms. The smallest absolute Gasteiger partial charge is 0.162 e. The Kier molecular flexibility index (Phi) is 4.74. The van der Waals surface area contributed by atoms with Crippen LogP contribution in [0.3, 0.4) is 0 Å². The number of imidazole rings is 1. The Morgan fingerprint density at radius 3 is 2.47 bits per heavy atom. The van der Waals surface area contributed by atoms with E-state index in [1.54, 1.807) is 12.5 Å². The molecule has 0 unspecified atom stereocenters. The van der Waals surface area contributed by atoms with E-state index in [0.717, 1.165) is 25.3 Å². The van der Waals surface area contributed by atoms with Crippen molar-refractivity contribution < 1.29 is 9.47 Å². The van der Waals surface area contributed by atoms with Gasteiger partial charge in [-0.2, -0.15) is 0 Å². The van der Waals surface area contributed by atoms with Crippen LogP contribution in [0.15, 0.2) is 12.5 Å². The molecular formula is C10H19N3O2. The van der Waals surface area contributed by atoms with Gasteiger partial charge in [-0.15, -0.1) is 0 Å². The van der Waals surface area contributed by atoms with Crippen LogP contribution in [0.4, 0.5) is 0 Å². The highest BCUT2D eigenvalue weighted by Crippen LogP contribution is 2.15. The molecule has 1 aromatic heterocycles. The molecule has 0 amide bonds. The summed E-state index contributed by atoms with van der Waals surface area (Å²) in [6.45, 7) is 6.00. The van der Waals surface area contributed by atoms with Crippen LogP contribution < -0.4 is 5.73 Å². The van der Waals surface area contributed by atoms with Crippen LogP contribution in [0.25, 0.3) is 0 Å². The maximum atomic E-state index is 5.27. The highest BCUT2D eigenvalue weighted by atomic mass is 16.7. The molecular weight excluding hydrogens is 194 g/mol. The first kappa shape index (κ1) is 12.2. The second-order valence-corrected chi connectivity index (χ2v) is 3.71. The minimum atomic E-state index is -0.306. The van der Waals surface area contributed by atoms with Crippen molar-refractivity contribution in [2.45, 2.75) is 26.1 Å². The third kappa shape index (κ3) is 4.92. The number of hydrogen-bond donors (Lipinski definition) is 2. The fourth-order valence-corrected chi connectivity index (χ4v) is 1.19. The van der Waals surface area contributed by atoms with Crippen molar-refractivity contribution in [3.8, 4) is 0 Å². The monoisotopic (exact) mass is 213 g/mol. The molecule has 1 aliphatic heterocycles. The molecule has 0 aromatic carbocycles. The average molecular weight is 213 g/mol. The summed E-state index contributed by atoms with van der Waals surface area (Å²) in [5.41, 5.74) is 6.38. The summed E-state index contributed by atoms with van der Waals surface area (Å²) >= 11 is 0. The molecule has 3 N–H and O–H groups in total. The number of nitrogens with two attached hydrogens (primary N) is 1. The number of rotatable bonds is 2. The van der Waals surface area contributed by atoms with Crippen LogP contribution >= 0.6 is 0 Å². The second-order valence-electron chi connectivity index (χ2n) is 3.71. The summed E-state index contributed by atoms with van der Waals surface area (Å²) in [5.74, 6) is -0.306. The zero-order valence-electron chi connectivity index (χ0n) is 9.32. The highest BCUT2D eigenvalue weighted by Gasteiger charge is 2.23. The number of nitrogens with one attached hydrogen (secondary N) is 1. The molecule has 0 atom stereocenters. The SMILES string of the molecule is CC1(C)OCCO1.NCCc1cnc[nH]1. The molecule has 2 rings (SSSR count). The van der Waals surface area contributed by atoms with E-state index in [-0.39, 0.29) is 5.79 Å². The summed E-state index contributed by atoms with van der Waals surface area (Å²) in [6.07, 6.45) is 4.33. The Hall–Kier alpha value is -0.910. The maximum absolute atomic E-state index is 5.27. The number of nitrogens with zero attached hydrogens (tertiary/aromatic N) is 1. The van der Waals surface area contributed by atoms with E-state index in [4.69, 9.17) is 15.2 Å². The minimum absolute atomic E-state index is 0.306. The van der Waals surface area contributed by atoms with Gasteiger partial charge in [0.15, 0.2) is 5.79 Å². The molecule has 1 aromatic rings. The zero-order valence-corrected chi connectivity index (χ0v) is 9.32. The van der Waals surface area contributed by atoms with Crippen LogP contribution in [0.2, 0.25) is 0 Å². The van der Waals surface area contributed by atoms with Gasteiger partial charge in [0.2, 0.25) is 0 Å². The standard InChI is InChI=1S/C5H9N3.C5H10O2/c6-2-1-5-3-7-4-8-5;1-5(2)6-3-4-7-5/h3-4H,1-2,6H2,(H,7,8);3-4H2,1-2H3. The van der Waals surface area contributed by atoms with Gasteiger partial charge in [-0.05, 0) is 20.4 Å². The lowest BCUT2D eigenvalue weighted by Crippen LogP contribution is -2.18. The van der Waals surface area contributed by atoms with E-state index in [9.17, 15) is 0 Å². The molecule has 86 valence electrons. The van der Waals surface area contributed by atoms with Gasteiger partial charge in [0, 0.05) is 18.3 Å². The number of aromatic amines is 1. The van der Waals surface area contributed by atoms with Gasteiger partial charge in [-0.25, -0.2) is 4.98 Å². The molecule has 5 nitrogen and oxygen atoms in total. The molecule has 0 radical (unpaired) electrons. The topological polar surface area (TPSA) is 73.2 Å². The number of aromatic nitrogens is 2. The lowest BCUT2D eigenvalue weighted by atomic mass is 10.3. The lowest BCUT2D eigenvalue weighted by molar-refractivity contribution is -0.125. The van der Waals surface area contributed by atoms with Gasteiger partial charge in [-0.1, -0.05) is 0 Å². The molecule has 1 aliphatic rings. The van der Waals surface area contributed by atoms with Crippen LogP contribution in [-0.2, 0) is 15.9 Å².